The van der Waals surface area contributed by atoms with Crippen molar-refractivity contribution in [3.05, 3.63) is 114 Å². The monoisotopic (exact) mass is 650 g/mol. The fourth-order valence-electron chi connectivity index (χ4n) is 6.56. The molecule has 0 radical (unpaired) electrons. The van der Waals surface area contributed by atoms with E-state index in [9.17, 15) is 19.8 Å². The number of benzene rings is 3. The Morgan fingerprint density at radius 3 is 2.75 bits per heavy atom. The van der Waals surface area contributed by atoms with Crippen LogP contribution in [0, 0.1) is 5.92 Å². The van der Waals surface area contributed by atoms with E-state index in [1.54, 1.807) is 34.9 Å². The van der Waals surface area contributed by atoms with Crippen LogP contribution in [0.15, 0.2) is 91.1 Å². The quantitative estimate of drug-likeness (QED) is 0.159. The number of rotatable bonds is 13. The molecule has 3 heterocycles. The Morgan fingerprint density at radius 1 is 1.17 bits per heavy atom. The van der Waals surface area contributed by atoms with Crippen LogP contribution in [0.4, 0.5) is 11.4 Å². The average Bonchev–Trinajstić information content (AvgIpc) is 3.86. The largest absolute Gasteiger partial charge is 0.497 e. The zero-order valence-corrected chi connectivity index (χ0v) is 27.3. The fourth-order valence-corrected chi connectivity index (χ4v) is 6.56. The minimum Gasteiger partial charge on any atom is -0.497 e. The molecular formula is C37H42N6O5. The minimum absolute atomic E-state index is 0.0693. The number of hydrogen-bond donors (Lipinski definition) is 4. The molecule has 2 amide bonds. The standard InChI is InChI=1S/C37H42N6O5/c1-25(10-6-7-19-42-23-33(40-41-42)30(24-44)27-12-4-3-5-13-27)37(47)31-21-29(48-2)16-17-34(31)43(36(37)46)22-26-11-8-14-28(20-26)39-35(45)32-15-9-18-38-32/h3-6,8,10-14,16-17,20-21,23,25,30,32,38,44,47H,7,9,15,18-19,22,24H2,1-2H3,(H,39,45)/b10-6+/t25-,30?,32-,37+/m1/s1. The number of aromatic nitrogens is 3. The zero-order chi connectivity index (χ0) is 33.7. The van der Waals surface area contributed by atoms with Crippen molar-refractivity contribution in [3.63, 3.8) is 0 Å². The topological polar surface area (TPSA) is 142 Å². The average molecular weight is 651 g/mol. The Labute approximate surface area is 280 Å². The Kier molecular flexibility index (Phi) is 10.00. The van der Waals surface area contributed by atoms with Crippen molar-refractivity contribution in [2.24, 2.45) is 5.92 Å². The molecule has 11 heteroatoms. The number of methoxy groups -OCH3 is 1. The first-order valence-electron chi connectivity index (χ1n) is 16.4. The highest BCUT2D eigenvalue weighted by Crippen LogP contribution is 2.47. The molecule has 0 spiro atoms. The zero-order valence-electron chi connectivity index (χ0n) is 27.3. The third kappa shape index (κ3) is 6.75. The van der Waals surface area contributed by atoms with Crippen LogP contribution in [0.5, 0.6) is 5.75 Å². The number of fused-ring (bicyclic) bond motifs is 1. The van der Waals surface area contributed by atoms with E-state index in [2.05, 4.69) is 20.9 Å². The molecule has 48 heavy (non-hydrogen) atoms. The molecule has 1 aromatic heterocycles. The summed E-state index contributed by atoms with van der Waals surface area (Å²) in [6.07, 6.45) is 8.00. The van der Waals surface area contributed by atoms with Gasteiger partial charge in [0.2, 0.25) is 5.91 Å². The van der Waals surface area contributed by atoms with Crippen LogP contribution in [0.25, 0.3) is 0 Å². The second-order valence-corrected chi connectivity index (χ2v) is 12.4. The number of aliphatic hydroxyl groups is 2. The van der Waals surface area contributed by atoms with Crippen molar-refractivity contribution in [3.8, 4) is 5.75 Å². The van der Waals surface area contributed by atoms with Gasteiger partial charge in [-0.05, 0) is 67.3 Å². The first-order valence-corrected chi connectivity index (χ1v) is 16.4. The van der Waals surface area contributed by atoms with Crippen molar-refractivity contribution in [1.29, 1.82) is 0 Å². The van der Waals surface area contributed by atoms with Gasteiger partial charge in [0, 0.05) is 29.9 Å². The van der Waals surface area contributed by atoms with Crippen LogP contribution in [-0.4, -0.2) is 63.3 Å². The minimum atomic E-state index is -1.81. The highest BCUT2D eigenvalue weighted by molar-refractivity contribution is 6.07. The summed E-state index contributed by atoms with van der Waals surface area (Å²) in [5.74, 6) is -0.770. The third-order valence-electron chi connectivity index (χ3n) is 9.29. The number of allylic oxidation sites excluding steroid dienone is 1. The van der Waals surface area contributed by atoms with Gasteiger partial charge in [-0.2, -0.15) is 0 Å². The van der Waals surface area contributed by atoms with Crippen LogP contribution in [0.1, 0.15) is 54.5 Å². The molecule has 2 aliphatic heterocycles. The summed E-state index contributed by atoms with van der Waals surface area (Å²) in [6.45, 7) is 3.34. The number of anilines is 2. The lowest BCUT2D eigenvalue weighted by Crippen LogP contribution is -2.44. The second-order valence-electron chi connectivity index (χ2n) is 12.4. The molecule has 11 nitrogen and oxygen atoms in total. The molecule has 4 N–H and O–H groups in total. The Bertz CT molecular complexity index is 1770. The third-order valence-corrected chi connectivity index (χ3v) is 9.29. The van der Waals surface area contributed by atoms with E-state index in [0.717, 1.165) is 30.5 Å². The van der Waals surface area contributed by atoms with Gasteiger partial charge in [0.05, 0.1) is 43.6 Å². The molecule has 6 rings (SSSR count). The lowest BCUT2D eigenvalue weighted by Gasteiger charge is -2.28. The number of nitrogens with zero attached hydrogens (tertiary/aromatic N) is 4. The van der Waals surface area contributed by atoms with Gasteiger partial charge in [-0.1, -0.05) is 66.8 Å². The first-order chi connectivity index (χ1) is 23.3. The van der Waals surface area contributed by atoms with Crippen molar-refractivity contribution < 1.29 is 24.5 Å². The van der Waals surface area contributed by atoms with Gasteiger partial charge >= 0.3 is 0 Å². The molecule has 3 aromatic carbocycles. The number of ether oxygens (including phenoxy) is 1. The van der Waals surface area contributed by atoms with E-state index in [0.29, 0.717) is 41.3 Å². The van der Waals surface area contributed by atoms with Gasteiger partial charge in [-0.15, -0.1) is 5.10 Å². The Morgan fingerprint density at radius 2 is 2.00 bits per heavy atom. The molecule has 4 aromatic rings. The number of amides is 2. The SMILES string of the molecule is COc1ccc2c(c1)[C@@](O)([C@H](C)/C=C/CCn1cc(C(CO)c3ccccc3)nn1)C(=O)N2Cc1cccc(NC(=O)[C@H]2CCCN2)c1. The Hall–Kier alpha value is -4.84. The molecule has 0 bridgehead atoms. The number of nitrogens with one attached hydrogen (secondary N) is 2. The molecule has 1 unspecified atom stereocenters. The van der Waals surface area contributed by atoms with E-state index in [4.69, 9.17) is 4.74 Å². The molecule has 0 saturated carbocycles. The van der Waals surface area contributed by atoms with Crippen molar-refractivity contribution in [1.82, 2.24) is 20.3 Å². The summed E-state index contributed by atoms with van der Waals surface area (Å²) in [4.78, 5) is 28.4. The fraction of sp³-hybridized carbons (Fsp3) is 0.351. The molecule has 2 aliphatic rings. The van der Waals surface area contributed by atoms with Gasteiger partial charge < -0.3 is 30.5 Å². The Balaban J connectivity index is 1.15. The summed E-state index contributed by atoms with van der Waals surface area (Å²) in [5, 5.41) is 36.9. The predicted octanol–water partition coefficient (Wildman–Crippen LogP) is 4.12. The maximum absolute atomic E-state index is 14.1. The van der Waals surface area contributed by atoms with Crippen molar-refractivity contribution in [2.45, 2.75) is 56.8 Å². The molecule has 1 fully saturated rings. The van der Waals surface area contributed by atoms with Crippen LogP contribution in [0.2, 0.25) is 0 Å². The normalized spacial score (nSPS) is 20.2. The lowest BCUT2D eigenvalue weighted by molar-refractivity contribution is -0.139. The lowest BCUT2D eigenvalue weighted by atomic mass is 9.83. The maximum atomic E-state index is 14.1. The molecule has 250 valence electrons. The van der Waals surface area contributed by atoms with E-state index in [1.165, 1.54) is 0 Å². The van der Waals surface area contributed by atoms with Crippen LogP contribution in [0.3, 0.4) is 0 Å². The maximum Gasteiger partial charge on any atom is 0.264 e. The summed E-state index contributed by atoms with van der Waals surface area (Å²) in [5.41, 5.74) is 2.42. The molecule has 0 aliphatic carbocycles. The van der Waals surface area contributed by atoms with E-state index < -0.39 is 17.4 Å². The van der Waals surface area contributed by atoms with Gasteiger partial charge in [-0.3, -0.25) is 14.3 Å². The number of carbonyl (C=O) groups is 2. The van der Waals surface area contributed by atoms with Crippen LogP contribution >= 0.6 is 0 Å². The van der Waals surface area contributed by atoms with Gasteiger partial charge in [-0.25, -0.2) is 0 Å². The van der Waals surface area contributed by atoms with E-state index in [1.807, 2.05) is 79.9 Å². The highest BCUT2D eigenvalue weighted by atomic mass is 16.5. The number of aryl methyl sites for hydroxylation is 1. The summed E-state index contributed by atoms with van der Waals surface area (Å²) in [7, 11) is 1.55. The summed E-state index contributed by atoms with van der Waals surface area (Å²) < 4.78 is 7.19. The molecular weight excluding hydrogens is 608 g/mol. The number of carbonyl (C=O) groups excluding carboxylic acids is 2. The first kappa shape index (κ1) is 33.1. The van der Waals surface area contributed by atoms with Crippen molar-refractivity contribution >= 4 is 23.2 Å². The van der Waals surface area contributed by atoms with E-state index in [-0.39, 0.29) is 31.0 Å². The van der Waals surface area contributed by atoms with Gasteiger partial charge in [0.25, 0.3) is 5.91 Å². The highest BCUT2D eigenvalue weighted by Gasteiger charge is 2.52. The van der Waals surface area contributed by atoms with Crippen LogP contribution < -0.4 is 20.3 Å². The van der Waals surface area contributed by atoms with Crippen LogP contribution in [-0.2, 0) is 28.3 Å². The van der Waals surface area contributed by atoms with Gasteiger partial charge in [0.15, 0.2) is 5.60 Å². The van der Waals surface area contributed by atoms with Gasteiger partial charge in [0.1, 0.15) is 5.75 Å². The van der Waals surface area contributed by atoms with E-state index >= 15 is 0 Å². The predicted molar refractivity (Wildman–Crippen MR) is 182 cm³/mol. The molecule has 4 atom stereocenters. The number of aliphatic hydroxyl groups excluding tert-OH is 1. The van der Waals surface area contributed by atoms with Crippen molar-refractivity contribution in [2.75, 3.05) is 30.5 Å². The second kappa shape index (κ2) is 14.5. The molecule has 1 saturated heterocycles. The smallest absolute Gasteiger partial charge is 0.264 e. The summed E-state index contributed by atoms with van der Waals surface area (Å²) >= 11 is 0. The summed E-state index contributed by atoms with van der Waals surface area (Å²) in [6, 6.07) is 22.3. The number of hydrogen-bond acceptors (Lipinski definition) is 8.